The first-order valence-electron chi connectivity index (χ1n) is 8.14. The first-order valence-corrected chi connectivity index (χ1v) is 9.02. The molecule has 6 nitrogen and oxygen atoms in total. The summed E-state index contributed by atoms with van der Waals surface area (Å²) in [6.07, 6.45) is 1.85. The molecule has 7 heteroatoms. The Labute approximate surface area is 152 Å². The Balaban J connectivity index is 1.66. The quantitative estimate of drug-likeness (QED) is 0.468. The number of primary amides is 1. The zero-order valence-electron chi connectivity index (χ0n) is 14.3. The smallest absolute Gasteiger partial charge is 0.255 e. The maximum Gasteiger partial charge on any atom is 0.255 e. The van der Waals surface area contributed by atoms with Crippen molar-refractivity contribution in [2.75, 3.05) is 26.7 Å². The third-order valence-electron chi connectivity index (χ3n) is 3.48. The molecule has 25 heavy (non-hydrogen) atoms. The average molecular weight is 360 g/mol. The number of nitrogens with two attached hydrogens (primary N) is 1. The van der Waals surface area contributed by atoms with Crippen LogP contribution in [0.2, 0.25) is 0 Å². The Hall–Kier alpha value is -2.54. The molecule has 2 aromatic rings. The standard InChI is InChI=1S/C18H24N4O2S/c1-20-18(22-11-9-16-3-2-12-25-16)21-10-8-14-4-6-15(7-5-14)24-13-17(19)23/h2-7,12H,8-11,13H2,1H3,(H2,19,23)(H2,20,21,22). The fourth-order valence-electron chi connectivity index (χ4n) is 2.21. The zero-order chi connectivity index (χ0) is 17.9. The summed E-state index contributed by atoms with van der Waals surface area (Å²) in [5.74, 6) is 0.964. The van der Waals surface area contributed by atoms with Crippen LogP contribution < -0.4 is 21.1 Å². The Morgan fingerprint density at radius 1 is 1.16 bits per heavy atom. The first kappa shape index (κ1) is 18.8. The Morgan fingerprint density at radius 3 is 2.48 bits per heavy atom. The van der Waals surface area contributed by atoms with Crippen LogP contribution in [-0.2, 0) is 17.6 Å². The maximum atomic E-state index is 10.7. The molecule has 0 bridgehead atoms. The number of benzene rings is 1. The highest BCUT2D eigenvalue weighted by Crippen LogP contribution is 2.12. The molecule has 0 aliphatic rings. The maximum absolute atomic E-state index is 10.7. The van der Waals surface area contributed by atoms with E-state index in [0.29, 0.717) is 5.75 Å². The van der Waals surface area contributed by atoms with Crippen LogP contribution >= 0.6 is 11.3 Å². The number of hydrogen-bond donors (Lipinski definition) is 3. The number of nitrogens with zero attached hydrogens (tertiary/aromatic N) is 1. The minimum absolute atomic E-state index is 0.103. The van der Waals surface area contributed by atoms with Gasteiger partial charge in [-0.05, 0) is 42.0 Å². The predicted molar refractivity (Wildman–Crippen MR) is 102 cm³/mol. The van der Waals surface area contributed by atoms with E-state index in [1.165, 1.54) is 10.4 Å². The average Bonchev–Trinajstić information content (AvgIpc) is 3.13. The van der Waals surface area contributed by atoms with Crippen LogP contribution in [-0.4, -0.2) is 38.6 Å². The van der Waals surface area contributed by atoms with Crippen molar-refractivity contribution in [3.63, 3.8) is 0 Å². The molecule has 1 aromatic carbocycles. The van der Waals surface area contributed by atoms with E-state index in [9.17, 15) is 4.79 Å². The van der Waals surface area contributed by atoms with Crippen molar-refractivity contribution >= 4 is 23.2 Å². The molecular formula is C18H24N4O2S. The van der Waals surface area contributed by atoms with E-state index in [0.717, 1.165) is 31.9 Å². The summed E-state index contributed by atoms with van der Waals surface area (Å²) in [4.78, 5) is 16.3. The molecule has 134 valence electrons. The normalized spacial score (nSPS) is 11.2. The lowest BCUT2D eigenvalue weighted by atomic mass is 10.1. The van der Waals surface area contributed by atoms with Gasteiger partial charge < -0.3 is 21.1 Å². The molecule has 0 atom stereocenters. The van der Waals surface area contributed by atoms with E-state index >= 15 is 0 Å². The van der Waals surface area contributed by atoms with Gasteiger partial charge in [0.05, 0.1) is 0 Å². The summed E-state index contributed by atoms with van der Waals surface area (Å²) >= 11 is 1.77. The van der Waals surface area contributed by atoms with Gasteiger partial charge in [0.1, 0.15) is 5.75 Å². The Kier molecular flexibility index (Phi) is 7.78. The Bertz CT molecular complexity index is 669. The molecule has 0 saturated heterocycles. The minimum atomic E-state index is -0.480. The van der Waals surface area contributed by atoms with Gasteiger partial charge in [-0.25, -0.2) is 0 Å². The lowest BCUT2D eigenvalue weighted by Gasteiger charge is -2.11. The molecule has 1 aromatic heterocycles. The highest BCUT2D eigenvalue weighted by atomic mass is 32.1. The van der Waals surface area contributed by atoms with Gasteiger partial charge in [0.25, 0.3) is 5.91 Å². The lowest BCUT2D eigenvalue weighted by Crippen LogP contribution is -2.39. The minimum Gasteiger partial charge on any atom is -0.484 e. The summed E-state index contributed by atoms with van der Waals surface area (Å²) in [6.45, 7) is 1.53. The van der Waals surface area contributed by atoms with Crippen molar-refractivity contribution in [2.24, 2.45) is 10.7 Å². The van der Waals surface area contributed by atoms with Crippen molar-refractivity contribution in [3.05, 3.63) is 52.2 Å². The second-order valence-corrected chi connectivity index (χ2v) is 6.44. The number of carbonyl (C=O) groups is 1. The van der Waals surface area contributed by atoms with Crippen molar-refractivity contribution < 1.29 is 9.53 Å². The molecule has 0 saturated carbocycles. The molecule has 0 aliphatic carbocycles. The highest BCUT2D eigenvalue weighted by Gasteiger charge is 2.01. The van der Waals surface area contributed by atoms with Gasteiger partial charge in [-0.3, -0.25) is 9.79 Å². The predicted octanol–water partition coefficient (Wildman–Crippen LogP) is 1.56. The molecule has 2 rings (SSSR count). The number of rotatable bonds is 9. The number of amides is 1. The number of ether oxygens (including phenoxy) is 1. The van der Waals surface area contributed by atoms with Crippen molar-refractivity contribution in [3.8, 4) is 5.75 Å². The second-order valence-electron chi connectivity index (χ2n) is 5.40. The van der Waals surface area contributed by atoms with E-state index < -0.39 is 5.91 Å². The molecule has 0 radical (unpaired) electrons. The van der Waals surface area contributed by atoms with Gasteiger partial charge >= 0.3 is 0 Å². The number of nitrogens with one attached hydrogen (secondary N) is 2. The third kappa shape index (κ3) is 7.26. The molecule has 1 amide bonds. The molecule has 0 fully saturated rings. The number of aliphatic imine (C=N–C) groups is 1. The van der Waals surface area contributed by atoms with Crippen molar-refractivity contribution in [1.29, 1.82) is 0 Å². The summed E-state index contributed by atoms with van der Waals surface area (Å²) < 4.78 is 5.24. The van der Waals surface area contributed by atoms with E-state index in [2.05, 4.69) is 33.1 Å². The van der Waals surface area contributed by atoms with Crippen LogP contribution in [0.5, 0.6) is 5.75 Å². The van der Waals surface area contributed by atoms with Crippen molar-refractivity contribution in [1.82, 2.24) is 10.6 Å². The van der Waals surface area contributed by atoms with Gasteiger partial charge in [0, 0.05) is 25.0 Å². The summed E-state index contributed by atoms with van der Waals surface area (Å²) in [7, 11) is 1.77. The lowest BCUT2D eigenvalue weighted by molar-refractivity contribution is -0.119. The SMILES string of the molecule is CN=C(NCCc1ccc(OCC(N)=O)cc1)NCCc1cccs1. The second kappa shape index (κ2) is 10.4. The summed E-state index contributed by atoms with van der Waals surface area (Å²) in [5.41, 5.74) is 6.22. The zero-order valence-corrected chi connectivity index (χ0v) is 15.1. The number of carbonyl (C=O) groups excluding carboxylic acids is 1. The first-order chi connectivity index (χ1) is 12.2. The van der Waals surface area contributed by atoms with Gasteiger partial charge in [-0.15, -0.1) is 11.3 Å². The molecule has 0 unspecified atom stereocenters. The molecular weight excluding hydrogens is 336 g/mol. The summed E-state index contributed by atoms with van der Waals surface area (Å²) in [6, 6.07) is 11.8. The number of thiophene rings is 1. The van der Waals surface area contributed by atoms with E-state index in [1.54, 1.807) is 18.4 Å². The summed E-state index contributed by atoms with van der Waals surface area (Å²) in [5, 5.41) is 8.70. The topological polar surface area (TPSA) is 88.7 Å². The molecule has 4 N–H and O–H groups in total. The molecule has 0 aliphatic heterocycles. The highest BCUT2D eigenvalue weighted by molar-refractivity contribution is 7.09. The van der Waals surface area contributed by atoms with Crippen LogP contribution in [0.1, 0.15) is 10.4 Å². The fraction of sp³-hybridized carbons (Fsp3) is 0.333. The van der Waals surface area contributed by atoms with Crippen LogP contribution in [0.3, 0.4) is 0 Å². The van der Waals surface area contributed by atoms with E-state index in [4.69, 9.17) is 10.5 Å². The molecule has 0 spiro atoms. The fourth-order valence-corrected chi connectivity index (χ4v) is 2.92. The Morgan fingerprint density at radius 2 is 1.88 bits per heavy atom. The van der Waals surface area contributed by atoms with E-state index in [-0.39, 0.29) is 6.61 Å². The third-order valence-corrected chi connectivity index (χ3v) is 4.41. The largest absolute Gasteiger partial charge is 0.484 e. The van der Waals surface area contributed by atoms with Gasteiger partial charge in [-0.1, -0.05) is 18.2 Å². The van der Waals surface area contributed by atoms with Crippen molar-refractivity contribution in [2.45, 2.75) is 12.8 Å². The van der Waals surface area contributed by atoms with Gasteiger partial charge in [-0.2, -0.15) is 0 Å². The van der Waals surface area contributed by atoms with E-state index in [1.807, 2.05) is 24.3 Å². The number of hydrogen-bond acceptors (Lipinski definition) is 4. The molecule has 1 heterocycles. The monoisotopic (exact) mass is 360 g/mol. The van der Waals surface area contributed by atoms with Gasteiger partial charge in [0.2, 0.25) is 0 Å². The van der Waals surface area contributed by atoms with Crippen LogP contribution in [0.15, 0.2) is 46.8 Å². The van der Waals surface area contributed by atoms with Crippen LogP contribution in [0.4, 0.5) is 0 Å². The van der Waals surface area contributed by atoms with Crippen LogP contribution in [0.25, 0.3) is 0 Å². The number of guanidine groups is 1. The van der Waals surface area contributed by atoms with Crippen LogP contribution in [0, 0.1) is 0 Å². The van der Waals surface area contributed by atoms with Gasteiger partial charge in [0.15, 0.2) is 12.6 Å².